The highest BCUT2D eigenvalue weighted by Crippen LogP contribution is 2.30. The standard InChI is InChI=1S/C13H9FN2O/c14-9-4-1-3-8(7-9)12-10-5-2-6-11(15)13(10)17-16-12/h1-7H,15H2. The molecule has 2 N–H and O–H groups in total. The maximum Gasteiger partial charge on any atom is 0.190 e. The summed E-state index contributed by atoms with van der Waals surface area (Å²) in [4.78, 5) is 0. The Morgan fingerprint density at radius 3 is 2.76 bits per heavy atom. The average molecular weight is 228 g/mol. The third kappa shape index (κ3) is 1.54. The molecule has 3 aromatic rings. The van der Waals surface area contributed by atoms with E-state index in [2.05, 4.69) is 5.16 Å². The van der Waals surface area contributed by atoms with Crippen molar-refractivity contribution in [3.8, 4) is 11.3 Å². The molecule has 0 aliphatic heterocycles. The van der Waals surface area contributed by atoms with E-state index in [-0.39, 0.29) is 5.82 Å². The Labute approximate surface area is 96.6 Å². The molecule has 0 fully saturated rings. The van der Waals surface area contributed by atoms with Crippen molar-refractivity contribution >= 4 is 16.7 Å². The molecule has 0 radical (unpaired) electrons. The number of para-hydroxylation sites is 1. The van der Waals surface area contributed by atoms with E-state index in [0.717, 1.165) is 5.39 Å². The second-order valence-electron chi connectivity index (χ2n) is 3.77. The molecular weight excluding hydrogens is 219 g/mol. The molecule has 1 aromatic heterocycles. The minimum atomic E-state index is -0.303. The number of nitrogens with two attached hydrogens (primary N) is 1. The fraction of sp³-hybridized carbons (Fsp3) is 0. The summed E-state index contributed by atoms with van der Waals surface area (Å²) in [5.41, 5.74) is 8.11. The van der Waals surface area contributed by atoms with Gasteiger partial charge < -0.3 is 10.3 Å². The van der Waals surface area contributed by atoms with Crippen LogP contribution in [0.5, 0.6) is 0 Å². The third-order valence-electron chi connectivity index (χ3n) is 2.63. The number of halogens is 1. The maximum absolute atomic E-state index is 13.2. The number of fused-ring (bicyclic) bond motifs is 1. The van der Waals surface area contributed by atoms with Crippen molar-refractivity contribution in [2.24, 2.45) is 0 Å². The van der Waals surface area contributed by atoms with Gasteiger partial charge in [-0.2, -0.15) is 0 Å². The largest absolute Gasteiger partial charge is 0.396 e. The number of hydrogen-bond donors (Lipinski definition) is 1. The van der Waals surface area contributed by atoms with Crippen LogP contribution >= 0.6 is 0 Å². The fourth-order valence-electron chi connectivity index (χ4n) is 1.83. The number of benzene rings is 2. The quantitative estimate of drug-likeness (QED) is 0.650. The van der Waals surface area contributed by atoms with E-state index in [0.29, 0.717) is 22.5 Å². The minimum Gasteiger partial charge on any atom is -0.396 e. The first-order valence-electron chi connectivity index (χ1n) is 5.15. The molecule has 0 saturated heterocycles. The first kappa shape index (κ1) is 9.84. The Hall–Kier alpha value is -2.36. The predicted octanol–water partition coefficient (Wildman–Crippen LogP) is 3.22. The van der Waals surface area contributed by atoms with Gasteiger partial charge in [0.15, 0.2) is 5.58 Å². The molecule has 0 amide bonds. The SMILES string of the molecule is Nc1cccc2c(-c3cccc(F)c3)noc12. The summed E-state index contributed by atoms with van der Waals surface area (Å²) in [5.74, 6) is -0.303. The summed E-state index contributed by atoms with van der Waals surface area (Å²) >= 11 is 0. The van der Waals surface area contributed by atoms with Crippen LogP contribution in [-0.4, -0.2) is 5.16 Å². The molecule has 0 aliphatic carbocycles. The van der Waals surface area contributed by atoms with Crippen LogP contribution < -0.4 is 5.73 Å². The predicted molar refractivity (Wildman–Crippen MR) is 63.8 cm³/mol. The van der Waals surface area contributed by atoms with Gasteiger partial charge in [0.05, 0.1) is 11.1 Å². The Morgan fingerprint density at radius 2 is 1.94 bits per heavy atom. The van der Waals surface area contributed by atoms with Crippen LogP contribution in [0, 0.1) is 5.82 Å². The van der Waals surface area contributed by atoms with Crippen LogP contribution in [0.1, 0.15) is 0 Å². The van der Waals surface area contributed by atoms with Crippen LogP contribution in [0.3, 0.4) is 0 Å². The number of nitrogen functional groups attached to an aromatic ring is 1. The number of hydrogen-bond acceptors (Lipinski definition) is 3. The van der Waals surface area contributed by atoms with Gasteiger partial charge in [-0.25, -0.2) is 4.39 Å². The molecule has 17 heavy (non-hydrogen) atoms. The zero-order valence-electron chi connectivity index (χ0n) is 8.85. The topological polar surface area (TPSA) is 52.0 Å². The smallest absolute Gasteiger partial charge is 0.190 e. The van der Waals surface area contributed by atoms with E-state index < -0.39 is 0 Å². The van der Waals surface area contributed by atoms with Crippen molar-refractivity contribution in [1.82, 2.24) is 5.16 Å². The minimum absolute atomic E-state index is 0.303. The van der Waals surface area contributed by atoms with E-state index in [9.17, 15) is 4.39 Å². The zero-order chi connectivity index (χ0) is 11.8. The van der Waals surface area contributed by atoms with Gasteiger partial charge in [0.2, 0.25) is 0 Å². The summed E-state index contributed by atoms with van der Waals surface area (Å²) in [7, 11) is 0. The lowest BCUT2D eigenvalue weighted by molar-refractivity contribution is 0.460. The van der Waals surface area contributed by atoms with Crippen molar-refractivity contribution in [2.45, 2.75) is 0 Å². The van der Waals surface area contributed by atoms with Crippen molar-refractivity contribution in [3.05, 3.63) is 48.3 Å². The lowest BCUT2D eigenvalue weighted by Crippen LogP contribution is -1.84. The molecule has 3 rings (SSSR count). The van der Waals surface area contributed by atoms with Crippen molar-refractivity contribution in [1.29, 1.82) is 0 Å². The van der Waals surface area contributed by atoms with Crippen LogP contribution in [0.25, 0.3) is 22.2 Å². The molecule has 0 bridgehead atoms. The normalized spacial score (nSPS) is 10.9. The van der Waals surface area contributed by atoms with E-state index in [1.807, 2.05) is 12.1 Å². The highest BCUT2D eigenvalue weighted by atomic mass is 19.1. The van der Waals surface area contributed by atoms with Gasteiger partial charge in [-0.3, -0.25) is 0 Å². The fourth-order valence-corrected chi connectivity index (χ4v) is 1.83. The van der Waals surface area contributed by atoms with Gasteiger partial charge in [0.25, 0.3) is 0 Å². The number of anilines is 1. The molecule has 1 heterocycles. The molecule has 0 aliphatic rings. The van der Waals surface area contributed by atoms with Crippen LogP contribution in [0.2, 0.25) is 0 Å². The lowest BCUT2D eigenvalue weighted by Gasteiger charge is -1.97. The third-order valence-corrected chi connectivity index (χ3v) is 2.63. The molecule has 84 valence electrons. The van der Waals surface area contributed by atoms with Crippen molar-refractivity contribution in [3.63, 3.8) is 0 Å². The second kappa shape index (κ2) is 3.59. The summed E-state index contributed by atoms with van der Waals surface area (Å²) in [5, 5.41) is 4.73. The molecule has 0 unspecified atom stereocenters. The molecule has 3 nitrogen and oxygen atoms in total. The zero-order valence-corrected chi connectivity index (χ0v) is 8.85. The van der Waals surface area contributed by atoms with Crippen molar-refractivity contribution < 1.29 is 8.91 Å². The highest BCUT2D eigenvalue weighted by Gasteiger charge is 2.12. The van der Waals surface area contributed by atoms with E-state index in [4.69, 9.17) is 10.3 Å². The van der Waals surface area contributed by atoms with Crippen LogP contribution in [0.4, 0.5) is 10.1 Å². The molecule has 0 spiro atoms. The van der Waals surface area contributed by atoms with E-state index >= 15 is 0 Å². The molecule has 0 atom stereocenters. The number of rotatable bonds is 1. The molecule has 0 saturated carbocycles. The summed E-state index contributed by atoms with van der Waals surface area (Å²) < 4.78 is 18.3. The lowest BCUT2D eigenvalue weighted by atomic mass is 10.1. The number of aromatic nitrogens is 1. The molecule has 4 heteroatoms. The summed E-state index contributed by atoms with van der Waals surface area (Å²) in [6, 6.07) is 11.6. The summed E-state index contributed by atoms with van der Waals surface area (Å²) in [6.45, 7) is 0. The first-order chi connectivity index (χ1) is 8.25. The monoisotopic (exact) mass is 228 g/mol. The maximum atomic E-state index is 13.2. The second-order valence-corrected chi connectivity index (χ2v) is 3.77. The molecule has 2 aromatic carbocycles. The Kier molecular flexibility index (Phi) is 2.08. The van der Waals surface area contributed by atoms with Crippen molar-refractivity contribution in [2.75, 3.05) is 5.73 Å². The first-order valence-corrected chi connectivity index (χ1v) is 5.15. The Balaban J connectivity index is 2.28. The van der Waals surface area contributed by atoms with E-state index in [1.165, 1.54) is 12.1 Å². The highest BCUT2D eigenvalue weighted by molar-refractivity contribution is 5.97. The van der Waals surface area contributed by atoms with E-state index in [1.54, 1.807) is 18.2 Å². The average Bonchev–Trinajstić information content (AvgIpc) is 2.74. The Morgan fingerprint density at radius 1 is 1.12 bits per heavy atom. The van der Waals surface area contributed by atoms with Gasteiger partial charge in [0, 0.05) is 5.56 Å². The van der Waals surface area contributed by atoms with Gasteiger partial charge in [0.1, 0.15) is 11.5 Å². The molecular formula is C13H9FN2O. The van der Waals surface area contributed by atoms with Crippen LogP contribution in [-0.2, 0) is 0 Å². The van der Waals surface area contributed by atoms with Gasteiger partial charge in [-0.15, -0.1) is 0 Å². The van der Waals surface area contributed by atoms with Gasteiger partial charge in [-0.05, 0) is 24.3 Å². The van der Waals surface area contributed by atoms with Crippen LogP contribution in [0.15, 0.2) is 47.0 Å². The Bertz CT molecular complexity index is 691. The van der Waals surface area contributed by atoms with Gasteiger partial charge in [-0.1, -0.05) is 23.4 Å². The summed E-state index contributed by atoms with van der Waals surface area (Å²) in [6.07, 6.45) is 0. The number of nitrogens with zero attached hydrogens (tertiary/aromatic N) is 1. The van der Waals surface area contributed by atoms with Gasteiger partial charge >= 0.3 is 0 Å².